The van der Waals surface area contributed by atoms with Crippen molar-refractivity contribution in [2.24, 2.45) is 0 Å². The highest BCUT2D eigenvalue weighted by Crippen LogP contribution is 2.63. The summed E-state index contributed by atoms with van der Waals surface area (Å²) in [5.41, 5.74) is 25.8. The third-order valence-corrected chi connectivity index (χ3v) is 20.9. The SMILES string of the molecule is CC12CCCCC1(C)N(c1ccccc1)c1ccc(-c3ccc(-c4ccc5c(c4)-c4cc(-c6ccc(-c7ccc8c(c7)C7(C)CCCCC7(C)N8c7ccccc7)cc6)ccc4C5(c4ccccc4)c4ccccc4)cc3)cc12. The first-order valence-electron chi connectivity index (χ1n) is 29.2. The van der Waals surface area contributed by atoms with E-state index in [1.807, 2.05) is 0 Å². The summed E-state index contributed by atoms with van der Waals surface area (Å²) in [5, 5.41) is 0. The van der Waals surface area contributed by atoms with E-state index in [0.29, 0.717) is 0 Å². The fourth-order valence-electron chi connectivity index (χ4n) is 16.4. The largest absolute Gasteiger partial charge is 0.334 e. The van der Waals surface area contributed by atoms with Crippen LogP contribution in [0.5, 0.6) is 0 Å². The van der Waals surface area contributed by atoms with E-state index in [9.17, 15) is 0 Å². The van der Waals surface area contributed by atoms with Crippen LogP contribution < -0.4 is 9.80 Å². The number of hydrogen-bond donors (Lipinski definition) is 0. The molecule has 2 heterocycles. The molecule has 0 radical (unpaired) electrons. The average molecular weight is 1020 g/mol. The van der Waals surface area contributed by atoms with Gasteiger partial charge in [0, 0.05) is 33.6 Å². The zero-order chi connectivity index (χ0) is 53.1. The molecule has 2 nitrogen and oxygen atoms in total. The Morgan fingerprint density at radius 1 is 0.278 bits per heavy atom. The summed E-state index contributed by atoms with van der Waals surface area (Å²) in [6.45, 7) is 10.1. The van der Waals surface area contributed by atoms with Crippen LogP contribution >= 0.6 is 0 Å². The molecule has 10 aromatic carbocycles. The fraction of sp³-hybridized carbons (Fsp3) is 0.221. The van der Waals surface area contributed by atoms with Gasteiger partial charge in [-0.3, -0.25) is 0 Å². The van der Waals surface area contributed by atoms with E-state index in [4.69, 9.17) is 0 Å². The zero-order valence-corrected chi connectivity index (χ0v) is 46.1. The molecule has 2 fully saturated rings. The van der Waals surface area contributed by atoms with Crippen LogP contribution in [0.2, 0.25) is 0 Å². The van der Waals surface area contributed by atoms with Crippen molar-refractivity contribution in [2.45, 2.75) is 106 Å². The van der Waals surface area contributed by atoms with Crippen LogP contribution in [0, 0.1) is 0 Å². The van der Waals surface area contributed by atoms with E-state index < -0.39 is 5.41 Å². The molecule has 0 amide bonds. The van der Waals surface area contributed by atoms with Crippen LogP contribution in [0.15, 0.2) is 243 Å². The Bertz CT molecular complexity index is 3700. The Balaban J connectivity index is 0.798. The summed E-state index contributed by atoms with van der Waals surface area (Å²) in [6.07, 6.45) is 9.89. The molecule has 4 unspecified atom stereocenters. The standard InChI is InChI=1S/C77H68N2/c1-73-45-17-19-47-75(73,3)78(63-25-13-7-14-26-63)71-43-39-59(51-69(71)73)55-33-29-53(30-34-55)57-37-41-67-65(49-57)66-50-58(38-42-68(66)77(67,61-21-9-5-10-22-61)62-23-11-6-12-24-62)54-31-35-56(36-32-54)60-40-44-72-70(52-60)74(2)46-18-20-48-76(74,4)79(72)64-27-15-8-16-28-64/h5-16,21-44,49-52H,17-20,45-48H2,1-4H3. The highest BCUT2D eigenvalue weighted by Gasteiger charge is 2.59. The average Bonchev–Trinajstić information content (AvgIpc) is 2.83. The second-order valence-corrected chi connectivity index (χ2v) is 24.6. The third kappa shape index (κ3) is 6.89. The minimum atomic E-state index is -0.485. The second-order valence-electron chi connectivity index (χ2n) is 24.6. The van der Waals surface area contributed by atoms with E-state index in [1.54, 1.807) is 0 Å². The lowest BCUT2D eigenvalue weighted by atomic mass is 9.61. The summed E-state index contributed by atoms with van der Waals surface area (Å²) in [6, 6.07) is 92.5. The van der Waals surface area contributed by atoms with Gasteiger partial charge in [-0.1, -0.05) is 222 Å². The van der Waals surface area contributed by atoms with E-state index in [2.05, 4.69) is 280 Å². The quantitative estimate of drug-likeness (QED) is 0.150. The summed E-state index contributed by atoms with van der Waals surface area (Å²) < 4.78 is 0. The van der Waals surface area contributed by atoms with Crippen LogP contribution in [0.1, 0.15) is 112 Å². The number of benzene rings is 10. The predicted octanol–water partition coefficient (Wildman–Crippen LogP) is 20.2. The number of fused-ring (bicyclic) bond motifs is 9. The lowest BCUT2D eigenvalue weighted by Crippen LogP contribution is -2.54. The molecule has 0 saturated heterocycles. The van der Waals surface area contributed by atoms with Crippen molar-refractivity contribution in [3.63, 3.8) is 0 Å². The van der Waals surface area contributed by atoms with Crippen molar-refractivity contribution < 1.29 is 0 Å². The summed E-state index contributed by atoms with van der Waals surface area (Å²) in [4.78, 5) is 5.34. The first kappa shape index (κ1) is 48.0. The Morgan fingerprint density at radius 3 is 0.949 bits per heavy atom. The molecule has 0 bridgehead atoms. The maximum Gasteiger partial charge on any atom is 0.0713 e. The van der Waals surface area contributed by atoms with Crippen LogP contribution in [-0.4, -0.2) is 11.1 Å². The molecule has 2 saturated carbocycles. The van der Waals surface area contributed by atoms with E-state index in [-0.39, 0.29) is 21.9 Å². The zero-order valence-electron chi connectivity index (χ0n) is 46.1. The molecule has 4 atom stereocenters. The molecule has 2 heteroatoms. The third-order valence-electron chi connectivity index (χ3n) is 20.9. The molecular weight excluding hydrogens is 953 g/mol. The molecule has 0 aromatic heterocycles. The fourth-order valence-corrected chi connectivity index (χ4v) is 16.4. The van der Waals surface area contributed by atoms with E-state index in [0.717, 1.165) is 0 Å². The van der Waals surface area contributed by atoms with Crippen LogP contribution in [0.4, 0.5) is 22.7 Å². The highest BCUT2D eigenvalue weighted by atomic mass is 15.3. The number of rotatable bonds is 8. The van der Waals surface area contributed by atoms with Crippen molar-refractivity contribution >= 4 is 22.7 Å². The molecule has 79 heavy (non-hydrogen) atoms. The van der Waals surface area contributed by atoms with Gasteiger partial charge in [-0.2, -0.15) is 0 Å². The summed E-state index contributed by atoms with van der Waals surface area (Å²) in [7, 11) is 0. The molecule has 5 aliphatic rings. The maximum atomic E-state index is 2.67. The second kappa shape index (κ2) is 17.9. The van der Waals surface area contributed by atoms with Crippen LogP contribution in [0.3, 0.4) is 0 Å². The van der Waals surface area contributed by atoms with Crippen molar-refractivity contribution in [3.05, 3.63) is 276 Å². The van der Waals surface area contributed by atoms with Gasteiger partial charge in [0.05, 0.1) is 16.5 Å². The minimum Gasteiger partial charge on any atom is -0.334 e. The number of anilines is 4. The number of nitrogens with zero attached hydrogens (tertiary/aromatic N) is 2. The van der Waals surface area contributed by atoms with Crippen molar-refractivity contribution in [1.29, 1.82) is 0 Å². The number of para-hydroxylation sites is 2. The Kier molecular flexibility index (Phi) is 10.9. The van der Waals surface area contributed by atoms with Gasteiger partial charge in [0.15, 0.2) is 0 Å². The maximum absolute atomic E-state index is 2.67. The van der Waals surface area contributed by atoms with Crippen molar-refractivity contribution in [2.75, 3.05) is 9.80 Å². The Hall–Kier alpha value is -8.20. The van der Waals surface area contributed by atoms with Gasteiger partial charge in [0.25, 0.3) is 0 Å². The van der Waals surface area contributed by atoms with Crippen molar-refractivity contribution in [3.8, 4) is 55.6 Å². The summed E-state index contributed by atoms with van der Waals surface area (Å²) in [5.74, 6) is 0. The van der Waals surface area contributed by atoms with E-state index in [1.165, 1.54) is 163 Å². The van der Waals surface area contributed by atoms with Gasteiger partial charge in [0.1, 0.15) is 0 Å². The molecular formula is C77H68N2. The van der Waals surface area contributed by atoms with Gasteiger partial charge < -0.3 is 9.80 Å². The highest BCUT2D eigenvalue weighted by molar-refractivity contribution is 5.92. The normalized spacial score (nSPS) is 23.0. The molecule has 10 aromatic rings. The van der Waals surface area contributed by atoms with Crippen molar-refractivity contribution in [1.82, 2.24) is 0 Å². The smallest absolute Gasteiger partial charge is 0.0713 e. The van der Waals surface area contributed by atoms with Gasteiger partial charge in [-0.05, 0) is 189 Å². The van der Waals surface area contributed by atoms with Gasteiger partial charge >= 0.3 is 0 Å². The lowest BCUT2D eigenvalue weighted by molar-refractivity contribution is 0.195. The van der Waals surface area contributed by atoms with Gasteiger partial charge in [-0.25, -0.2) is 0 Å². The molecule has 3 aliphatic carbocycles. The van der Waals surface area contributed by atoms with Gasteiger partial charge in [-0.15, -0.1) is 0 Å². The van der Waals surface area contributed by atoms with E-state index >= 15 is 0 Å². The molecule has 0 spiro atoms. The Labute approximate surface area is 468 Å². The topological polar surface area (TPSA) is 6.48 Å². The first-order valence-corrected chi connectivity index (χ1v) is 29.2. The monoisotopic (exact) mass is 1020 g/mol. The molecule has 15 rings (SSSR count). The molecule has 386 valence electrons. The predicted molar refractivity (Wildman–Crippen MR) is 331 cm³/mol. The lowest BCUT2D eigenvalue weighted by Gasteiger charge is -2.50. The van der Waals surface area contributed by atoms with Gasteiger partial charge in [0.2, 0.25) is 0 Å². The molecule has 2 aliphatic heterocycles. The molecule has 0 N–H and O–H groups in total. The minimum absolute atomic E-state index is 0.0277. The van der Waals surface area contributed by atoms with Crippen LogP contribution in [0.25, 0.3) is 55.6 Å². The first-order chi connectivity index (χ1) is 38.6. The van der Waals surface area contributed by atoms with Crippen LogP contribution in [-0.2, 0) is 16.2 Å². The number of hydrogen-bond acceptors (Lipinski definition) is 2. The Morgan fingerprint density at radius 2 is 0.582 bits per heavy atom. The summed E-state index contributed by atoms with van der Waals surface area (Å²) >= 11 is 0.